The molecule has 2 fully saturated rings. The van der Waals surface area contributed by atoms with Crippen LogP contribution < -0.4 is 5.32 Å². The maximum Gasteiger partial charge on any atom is 0.0702 e. The first-order valence-corrected chi connectivity index (χ1v) is 8.21. The largest absolute Gasteiger partial charge is 0.381 e. The van der Waals surface area contributed by atoms with E-state index in [1.165, 1.54) is 25.7 Å². The zero-order chi connectivity index (χ0) is 14.4. The van der Waals surface area contributed by atoms with Gasteiger partial charge in [-0.25, -0.2) is 0 Å². The first kappa shape index (κ1) is 16.2. The van der Waals surface area contributed by atoms with Crippen LogP contribution in [0.4, 0.5) is 0 Å². The van der Waals surface area contributed by atoms with Crippen molar-refractivity contribution in [3.63, 3.8) is 0 Å². The van der Waals surface area contributed by atoms with Gasteiger partial charge in [-0.1, -0.05) is 13.8 Å². The molecule has 1 N–H and O–H groups in total. The predicted molar refractivity (Wildman–Crippen MR) is 82.1 cm³/mol. The van der Waals surface area contributed by atoms with Gasteiger partial charge in [-0.05, 0) is 32.7 Å². The second kappa shape index (κ2) is 7.74. The van der Waals surface area contributed by atoms with E-state index in [9.17, 15) is 0 Å². The highest BCUT2D eigenvalue weighted by Crippen LogP contribution is 2.29. The fourth-order valence-corrected chi connectivity index (χ4v) is 3.42. The summed E-state index contributed by atoms with van der Waals surface area (Å²) in [5.74, 6) is 0. The lowest BCUT2D eigenvalue weighted by Crippen LogP contribution is -2.50. The molecule has 0 aromatic heterocycles. The molecule has 0 spiro atoms. The van der Waals surface area contributed by atoms with Crippen LogP contribution in [-0.4, -0.2) is 63.5 Å². The molecule has 0 aliphatic carbocycles. The van der Waals surface area contributed by atoms with Crippen LogP contribution in [0.3, 0.4) is 0 Å². The molecule has 2 aliphatic rings. The molecule has 2 saturated heterocycles. The van der Waals surface area contributed by atoms with Crippen LogP contribution in [0.25, 0.3) is 0 Å². The van der Waals surface area contributed by atoms with Crippen LogP contribution >= 0.6 is 0 Å². The molecule has 118 valence electrons. The molecular weight excluding hydrogens is 252 g/mol. The quantitative estimate of drug-likeness (QED) is 0.774. The maximum atomic E-state index is 5.79. The van der Waals surface area contributed by atoms with Crippen molar-refractivity contribution >= 4 is 0 Å². The second-order valence-electron chi connectivity index (χ2n) is 7.02. The zero-order valence-electron chi connectivity index (χ0n) is 13.5. The van der Waals surface area contributed by atoms with Crippen molar-refractivity contribution in [2.45, 2.75) is 51.7 Å². The molecule has 0 bridgehead atoms. The van der Waals surface area contributed by atoms with Crippen molar-refractivity contribution < 1.29 is 9.47 Å². The highest BCUT2D eigenvalue weighted by Gasteiger charge is 2.34. The van der Waals surface area contributed by atoms with E-state index >= 15 is 0 Å². The monoisotopic (exact) mass is 284 g/mol. The van der Waals surface area contributed by atoms with Crippen molar-refractivity contribution in [1.29, 1.82) is 0 Å². The lowest BCUT2D eigenvalue weighted by Gasteiger charge is -2.41. The van der Waals surface area contributed by atoms with Gasteiger partial charge in [-0.15, -0.1) is 0 Å². The third-order valence-corrected chi connectivity index (χ3v) is 4.43. The summed E-state index contributed by atoms with van der Waals surface area (Å²) >= 11 is 0. The minimum atomic E-state index is 0.274. The molecule has 4 heteroatoms. The number of nitrogens with one attached hydrogen (secondary N) is 1. The third-order valence-electron chi connectivity index (χ3n) is 4.43. The Hall–Kier alpha value is -0.160. The van der Waals surface area contributed by atoms with E-state index in [-0.39, 0.29) is 5.41 Å². The van der Waals surface area contributed by atoms with Gasteiger partial charge < -0.3 is 19.7 Å². The fourth-order valence-electron chi connectivity index (χ4n) is 3.42. The van der Waals surface area contributed by atoms with Crippen molar-refractivity contribution in [2.75, 3.05) is 46.5 Å². The lowest BCUT2D eigenvalue weighted by molar-refractivity contribution is -0.0296. The molecule has 2 rings (SSSR count). The third kappa shape index (κ3) is 4.99. The molecule has 2 unspecified atom stereocenters. The number of ether oxygens (including phenoxy) is 2. The second-order valence-corrected chi connectivity index (χ2v) is 7.02. The first-order valence-electron chi connectivity index (χ1n) is 8.21. The van der Waals surface area contributed by atoms with Crippen LogP contribution in [0.2, 0.25) is 0 Å². The molecule has 0 amide bonds. The van der Waals surface area contributed by atoms with Gasteiger partial charge in [-0.2, -0.15) is 0 Å². The van der Waals surface area contributed by atoms with Crippen LogP contribution in [0.1, 0.15) is 39.5 Å². The van der Waals surface area contributed by atoms with E-state index in [0.29, 0.717) is 12.1 Å². The van der Waals surface area contributed by atoms with Gasteiger partial charge in [0.05, 0.1) is 12.7 Å². The molecular formula is C16H32N2O2. The van der Waals surface area contributed by atoms with Crippen molar-refractivity contribution in [2.24, 2.45) is 5.41 Å². The van der Waals surface area contributed by atoms with Gasteiger partial charge in [0.2, 0.25) is 0 Å². The van der Waals surface area contributed by atoms with Crippen molar-refractivity contribution in [3.05, 3.63) is 0 Å². The fraction of sp³-hybridized carbons (Fsp3) is 1.00. The van der Waals surface area contributed by atoms with Crippen LogP contribution in [0.5, 0.6) is 0 Å². The Kier molecular flexibility index (Phi) is 6.27. The average molecular weight is 284 g/mol. The van der Waals surface area contributed by atoms with E-state index in [2.05, 4.69) is 31.1 Å². The highest BCUT2D eigenvalue weighted by molar-refractivity contribution is 4.88. The van der Waals surface area contributed by atoms with Crippen LogP contribution in [0, 0.1) is 5.41 Å². The van der Waals surface area contributed by atoms with Crippen LogP contribution in [0.15, 0.2) is 0 Å². The van der Waals surface area contributed by atoms with Gasteiger partial charge >= 0.3 is 0 Å². The summed E-state index contributed by atoms with van der Waals surface area (Å²) in [6.45, 7) is 10.4. The number of hydrogen-bond donors (Lipinski definition) is 1. The number of nitrogens with zero attached hydrogens (tertiary/aromatic N) is 1. The molecule has 4 nitrogen and oxygen atoms in total. The Balaban J connectivity index is 1.85. The summed E-state index contributed by atoms with van der Waals surface area (Å²) in [6.07, 6.45) is 5.34. The molecule has 0 aromatic carbocycles. The average Bonchev–Trinajstić information content (AvgIpc) is 2.90. The Morgan fingerprint density at radius 2 is 2.15 bits per heavy atom. The summed E-state index contributed by atoms with van der Waals surface area (Å²) in [7, 11) is 2.23. The summed E-state index contributed by atoms with van der Waals surface area (Å²) in [4.78, 5) is 2.45. The number of hydrogen-bond acceptors (Lipinski definition) is 4. The summed E-state index contributed by atoms with van der Waals surface area (Å²) < 4.78 is 11.5. The predicted octanol–water partition coefficient (Wildman–Crippen LogP) is 1.89. The summed E-state index contributed by atoms with van der Waals surface area (Å²) in [5, 5.41) is 3.62. The highest BCUT2D eigenvalue weighted by atomic mass is 16.5. The SMILES string of the molecule is CC(C)NCC1(CN(C)CC2CCCO2)CCCOC1. The number of likely N-dealkylation sites (N-methyl/N-ethyl adjacent to an activating group) is 1. The molecule has 0 saturated carbocycles. The summed E-state index contributed by atoms with van der Waals surface area (Å²) in [5.41, 5.74) is 0.274. The minimum absolute atomic E-state index is 0.274. The van der Waals surface area contributed by atoms with E-state index in [0.717, 1.165) is 39.5 Å². The van der Waals surface area contributed by atoms with Gasteiger partial charge in [-0.3, -0.25) is 0 Å². The zero-order valence-corrected chi connectivity index (χ0v) is 13.5. The standard InChI is InChI=1S/C16H32N2O2/c1-14(2)17-11-16(7-5-8-19-13-16)12-18(3)10-15-6-4-9-20-15/h14-15,17H,4-13H2,1-3H3. The van der Waals surface area contributed by atoms with Crippen molar-refractivity contribution in [3.8, 4) is 0 Å². The Labute approximate surface area is 124 Å². The smallest absolute Gasteiger partial charge is 0.0702 e. The van der Waals surface area contributed by atoms with Gasteiger partial charge in [0.15, 0.2) is 0 Å². The maximum absolute atomic E-state index is 5.79. The normalized spacial score (nSPS) is 31.4. The van der Waals surface area contributed by atoms with Gasteiger partial charge in [0, 0.05) is 44.3 Å². The molecule has 0 radical (unpaired) electrons. The van der Waals surface area contributed by atoms with Gasteiger partial charge in [0.1, 0.15) is 0 Å². The van der Waals surface area contributed by atoms with E-state index < -0.39 is 0 Å². The van der Waals surface area contributed by atoms with E-state index in [1.54, 1.807) is 0 Å². The topological polar surface area (TPSA) is 33.7 Å². The van der Waals surface area contributed by atoms with Crippen molar-refractivity contribution in [1.82, 2.24) is 10.2 Å². The Morgan fingerprint density at radius 3 is 2.75 bits per heavy atom. The minimum Gasteiger partial charge on any atom is -0.381 e. The molecule has 2 aliphatic heterocycles. The Bertz CT molecular complexity index is 272. The Morgan fingerprint density at radius 1 is 1.30 bits per heavy atom. The van der Waals surface area contributed by atoms with E-state index in [4.69, 9.17) is 9.47 Å². The molecule has 20 heavy (non-hydrogen) atoms. The van der Waals surface area contributed by atoms with Crippen LogP contribution in [-0.2, 0) is 9.47 Å². The lowest BCUT2D eigenvalue weighted by atomic mass is 9.81. The van der Waals surface area contributed by atoms with Gasteiger partial charge in [0.25, 0.3) is 0 Å². The molecule has 2 atom stereocenters. The van der Waals surface area contributed by atoms with E-state index in [1.807, 2.05) is 0 Å². The summed E-state index contributed by atoms with van der Waals surface area (Å²) in [6, 6.07) is 0.539. The first-order chi connectivity index (χ1) is 9.60. The molecule has 2 heterocycles. The molecule has 0 aromatic rings. The number of rotatable bonds is 7.